The lowest BCUT2D eigenvalue weighted by atomic mass is 10.0. The Balaban J connectivity index is 2.34. The molecule has 17 heavy (non-hydrogen) atoms. The number of aryl methyl sites for hydroxylation is 2. The Bertz CT molecular complexity index is 445. The number of aromatic nitrogens is 2. The number of anilines is 1. The van der Waals surface area contributed by atoms with Gasteiger partial charge in [0.2, 0.25) is 0 Å². The van der Waals surface area contributed by atoms with Crippen LogP contribution in [0.1, 0.15) is 48.7 Å². The van der Waals surface area contributed by atoms with Gasteiger partial charge < -0.3 is 10.4 Å². The molecule has 1 saturated carbocycles. The van der Waals surface area contributed by atoms with Crippen molar-refractivity contribution in [3.8, 4) is 0 Å². The number of carboxylic acids is 1. The maximum absolute atomic E-state index is 11.2. The normalized spacial score (nSPS) is 18.3. The molecule has 1 fully saturated rings. The fraction of sp³-hybridized carbons (Fsp3) is 0.667. The van der Waals surface area contributed by atoms with E-state index in [1.165, 1.54) is 12.8 Å². The van der Waals surface area contributed by atoms with E-state index in [0.717, 1.165) is 12.8 Å². The highest BCUT2D eigenvalue weighted by Gasteiger charge is 2.31. The van der Waals surface area contributed by atoms with Gasteiger partial charge in [-0.25, -0.2) is 4.79 Å². The summed E-state index contributed by atoms with van der Waals surface area (Å²) >= 11 is 0. The number of rotatable bonds is 3. The van der Waals surface area contributed by atoms with Crippen LogP contribution in [0.15, 0.2) is 0 Å². The Morgan fingerprint density at radius 1 is 1.47 bits per heavy atom. The van der Waals surface area contributed by atoms with E-state index in [2.05, 4.69) is 17.3 Å². The van der Waals surface area contributed by atoms with Crippen molar-refractivity contribution in [2.24, 2.45) is 7.05 Å². The molecule has 0 aromatic carbocycles. The van der Waals surface area contributed by atoms with Gasteiger partial charge in [0, 0.05) is 12.6 Å². The fourth-order valence-corrected chi connectivity index (χ4v) is 2.62. The highest BCUT2D eigenvalue weighted by molar-refractivity contribution is 5.94. The topological polar surface area (TPSA) is 67.2 Å². The van der Waals surface area contributed by atoms with Gasteiger partial charge in [-0.15, -0.1) is 0 Å². The Kier molecular flexibility index (Phi) is 2.85. The summed E-state index contributed by atoms with van der Waals surface area (Å²) in [6.07, 6.45) is 4.55. The number of hydrogen-bond donors (Lipinski definition) is 2. The van der Waals surface area contributed by atoms with Crippen molar-refractivity contribution in [2.75, 3.05) is 5.32 Å². The highest BCUT2D eigenvalue weighted by Crippen LogP contribution is 2.33. The first-order valence-corrected chi connectivity index (χ1v) is 5.98. The van der Waals surface area contributed by atoms with Gasteiger partial charge in [0.05, 0.1) is 5.69 Å². The zero-order valence-electron chi connectivity index (χ0n) is 10.6. The van der Waals surface area contributed by atoms with Crippen LogP contribution in [-0.4, -0.2) is 26.4 Å². The van der Waals surface area contributed by atoms with E-state index >= 15 is 0 Å². The zero-order chi connectivity index (χ0) is 12.6. The van der Waals surface area contributed by atoms with Crippen LogP contribution in [0.3, 0.4) is 0 Å². The second-order valence-electron chi connectivity index (χ2n) is 5.13. The summed E-state index contributed by atoms with van der Waals surface area (Å²) in [5, 5.41) is 16.8. The number of carboxylic acid groups (broad SMARTS) is 1. The van der Waals surface area contributed by atoms with Crippen molar-refractivity contribution >= 4 is 11.8 Å². The molecule has 1 aliphatic rings. The second-order valence-corrected chi connectivity index (χ2v) is 5.13. The Hall–Kier alpha value is -1.52. The monoisotopic (exact) mass is 237 g/mol. The summed E-state index contributed by atoms with van der Waals surface area (Å²) in [5.41, 5.74) is 0.856. The molecule has 0 bridgehead atoms. The largest absolute Gasteiger partial charge is 0.477 e. The molecule has 0 radical (unpaired) electrons. The van der Waals surface area contributed by atoms with Crippen LogP contribution < -0.4 is 5.32 Å². The molecule has 0 spiro atoms. The predicted molar refractivity (Wildman–Crippen MR) is 65.4 cm³/mol. The minimum absolute atomic E-state index is 0.00440. The van der Waals surface area contributed by atoms with Crippen molar-refractivity contribution in [3.05, 3.63) is 11.3 Å². The van der Waals surface area contributed by atoms with E-state index < -0.39 is 5.97 Å². The lowest BCUT2D eigenvalue weighted by molar-refractivity contribution is 0.0697. The summed E-state index contributed by atoms with van der Waals surface area (Å²) in [4.78, 5) is 11.2. The SMILES string of the molecule is Cc1nn(C)c(NC2(C)CCCC2)c1C(=O)O. The molecule has 1 aliphatic carbocycles. The molecule has 0 atom stereocenters. The molecule has 94 valence electrons. The molecule has 2 N–H and O–H groups in total. The Morgan fingerprint density at radius 2 is 2.06 bits per heavy atom. The molecule has 0 unspecified atom stereocenters. The van der Waals surface area contributed by atoms with Crippen molar-refractivity contribution < 1.29 is 9.90 Å². The molecule has 5 heteroatoms. The van der Waals surface area contributed by atoms with Crippen LogP contribution in [0.5, 0.6) is 0 Å². The maximum atomic E-state index is 11.2. The first-order valence-electron chi connectivity index (χ1n) is 5.98. The molecule has 1 aromatic rings. The van der Waals surface area contributed by atoms with E-state index in [1.54, 1.807) is 18.7 Å². The van der Waals surface area contributed by atoms with Crippen molar-refractivity contribution in [1.29, 1.82) is 0 Å². The number of nitrogens with zero attached hydrogens (tertiary/aromatic N) is 2. The van der Waals surface area contributed by atoms with E-state index in [4.69, 9.17) is 0 Å². The fourth-order valence-electron chi connectivity index (χ4n) is 2.62. The van der Waals surface area contributed by atoms with Crippen LogP contribution in [0, 0.1) is 6.92 Å². The Morgan fingerprint density at radius 3 is 2.59 bits per heavy atom. The molecule has 1 aromatic heterocycles. The predicted octanol–water partition coefficient (Wildman–Crippen LogP) is 2.17. The zero-order valence-corrected chi connectivity index (χ0v) is 10.6. The average molecular weight is 237 g/mol. The van der Waals surface area contributed by atoms with Gasteiger partial charge in [-0.1, -0.05) is 12.8 Å². The van der Waals surface area contributed by atoms with Gasteiger partial charge in [0.1, 0.15) is 11.4 Å². The van der Waals surface area contributed by atoms with Gasteiger partial charge in [-0.05, 0) is 26.7 Å². The third-order valence-electron chi connectivity index (χ3n) is 3.56. The first kappa shape index (κ1) is 12.0. The van der Waals surface area contributed by atoms with Crippen LogP contribution in [-0.2, 0) is 7.05 Å². The lowest BCUT2D eigenvalue weighted by Gasteiger charge is -2.26. The third kappa shape index (κ3) is 2.14. The van der Waals surface area contributed by atoms with Crippen LogP contribution in [0.2, 0.25) is 0 Å². The minimum atomic E-state index is -0.917. The van der Waals surface area contributed by atoms with E-state index in [-0.39, 0.29) is 5.54 Å². The molecule has 1 heterocycles. The first-order chi connectivity index (χ1) is 7.93. The third-order valence-corrected chi connectivity index (χ3v) is 3.56. The van der Waals surface area contributed by atoms with Gasteiger partial charge >= 0.3 is 5.97 Å². The number of hydrogen-bond acceptors (Lipinski definition) is 3. The van der Waals surface area contributed by atoms with Gasteiger partial charge in [0.25, 0.3) is 0 Å². The van der Waals surface area contributed by atoms with Gasteiger partial charge in [-0.3, -0.25) is 4.68 Å². The molecule has 2 rings (SSSR count). The van der Waals surface area contributed by atoms with Gasteiger partial charge in [0.15, 0.2) is 0 Å². The highest BCUT2D eigenvalue weighted by atomic mass is 16.4. The van der Waals surface area contributed by atoms with E-state index in [9.17, 15) is 9.90 Å². The summed E-state index contributed by atoms with van der Waals surface area (Å²) in [6.45, 7) is 3.87. The van der Waals surface area contributed by atoms with Crippen LogP contribution in [0.25, 0.3) is 0 Å². The molecule has 0 amide bonds. The van der Waals surface area contributed by atoms with Crippen molar-refractivity contribution in [2.45, 2.75) is 45.1 Å². The minimum Gasteiger partial charge on any atom is -0.477 e. The molecule has 5 nitrogen and oxygen atoms in total. The van der Waals surface area contributed by atoms with Crippen molar-refractivity contribution in [3.63, 3.8) is 0 Å². The number of aromatic carboxylic acids is 1. The standard InChI is InChI=1S/C12H19N3O2/c1-8-9(11(16)17)10(15(3)14-8)13-12(2)6-4-5-7-12/h13H,4-7H2,1-3H3,(H,16,17). The van der Waals surface area contributed by atoms with Gasteiger partial charge in [-0.2, -0.15) is 5.10 Å². The summed E-state index contributed by atoms with van der Waals surface area (Å²) in [5.74, 6) is -0.293. The lowest BCUT2D eigenvalue weighted by Crippen LogP contribution is -2.32. The maximum Gasteiger partial charge on any atom is 0.341 e. The van der Waals surface area contributed by atoms with Crippen molar-refractivity contribution in [1.82, 2.24) is 9.78 Å². The van der Waals surface area contributed by atoms with Crippen LogP contribution in [0.4, 0.5) is 5.82 Å². The van der Waals surface area contributed by atoms with Crippen LogP contribution >= 0.6 is 0 Å². The number of carbonyl (C=O) groups is 1. The smallest absolute Gasteiger partial charge is 0.341 e. The summed E-state index contributed by atoms with van der Waals surface area (Å²) in [7, 11) is 1.78. The van der Waals surface area contributed by atoms with E-state index in [0.29, 0.717) is 17.1 Å². The summed E-state index contributed by atoms with van der Waals surface area (Å²) < 4.78 is 1.63. The summed E-state index contributed by atoms with van der Waals surface area (Å²) in [6, 6.07) is 0. The molecular weight excluding hydrogens is 218 g/mol. The van der Waals surface area contributed by atoms with E-state index in [1.807, 2.05) is 0 Å². The second kappa shape index (κ2) is 4.05. The molecule has 0 saturated heterocycles. The quantitative estimate of drug-likeness (QED) is 0.845. The molecular formula is C12H19N3O2. The average Bonchev–Trinajstić information content (AvgIpc) is 2.73. The Labute approximate surface area is 101 Å². The number of nitrogens with one attached hydrogen (secondary N) is 1. The molecule has 0 aliphatic heterocycles.